The van der Waals surface area contributed by atoms with Crippen molar-refractivity contribution in [3.63, 3.8) is 0 Å². The van der Waals surface area contributed by atoms with Gasteiger partial charge in [0, 0.05) is 33.2 Å². The van der Waals surface area contributed by atoms with Crippen LogP contribution in [-0.4, -0.2) is 104 Å². The van der Waals surface area contributed by atoms with Crippen molar-refractivity contribution in [2.45, 2.75) is 50.3 Å². The Bertz CT molecular complexity index is 1330. The summed E-state index contributed by atoms with van der Waals surface area (Å²) in [5.41, 5.74) is -0.0934. The molecule has 1 unspecified atom stereocenters. The number of amides is 2. The normalized spacial score (nSPS) is 20.0. The molecule has 11 nitrogen and oxygen atoms in total. The Morgan fingerprint density at radius 3 is 2.58 bits per heavy atom. The number of benzene rings is 1. The Balaban J connectivity index is 1.26. The summed E-state index contributed by atoms with van der Waals surface area (Å²) in [7, 11) is 5.57. The number of carbonyl (C=O) groups excluding carboxylic acids is 1. The number of rotatable bonds is 6. The van der Waals surface area contributed by atoms with E-state index in [0.717, 1.165) is 24.4 Å². The van der Waals surface area contributed by atoms with Crippen LogP contribution in [0, 0.1) is 0 Å². The molecule has 2 fully saturated rings. The molecule has 204 valence electrons. The van der Waals surface area contributed by atoms with Crippen LogP contribution < -0.4 is 10.3 Å². The highest BCUT2D eigenvalue weighted by molar-refractivity contribution is 5.75. The summed E-state index contributed by atoms with van der Waals surface area (Å²) in [6.07, 6.45) is 7.42. The van der Waals surface area contributed by atoms with Gasteiger partial charge in [0.15, 0.2) is 5.65 Å². The highest BCUT2D eigenvalue weighted by Gasteiger charge is 2.35. The molecule has 2 saturated heterocycles. The van der Waals surface area contributed by atoms with Gasteiger partial charge in [0.05, 0.1) is 24.0 Å². The summed E-state index contributed by atoms with van der Waals surface area (Å²) >= 11 is 0. The third kappa shape index (κ3) is 5.39. The smallest absolute Gasteiger partial charge is 0.319 e. The maximum atomic E-state index is 13.2. The third-order valence-corrected chi connectivity index (χ3v) is 7.81. The van der Waals surface area contributed by atoms with Crippen LogP contribution in [-0.2, 0) is 6.54 Å². The summed E-state index contributed by atoms with van der Waals surface area (Å²) in [6, 6.07) is 8.01. The Hall–Kier alpha value is -3.44. The average Bonchev–Trinajstić information content (AvgIpc) is 3.35. The number of ether oxygens (including phenoxy) is 1. The second-order valence-electron chi connectivity index (χ2n) is 10.8. The van der Waals surface area contributed by atoms with Gasteiger partial charge in [-0.3, -0.25) is 9.36 Å². The molecule has 0 aliphatic carbocycles. The van der Waals surface area contributed by atoms with Gasteiger partial charge in [-0.1, -0.05) is 6.42 Å². The maximum absolute atomic E-state index is 13.2. The van der Waals surface area contributed by atoms with E-state index in [1.54, 1.807) is 23.7 Å². The van der Waals surface area contributed by atoms with Crippen LogP contribution in [0.4, 0.5) is 4.79 Å². The fourth-order valence-electron chi connectivity index (χ4n) is 5.35. The molecule has 0 spiro atoms. The van der Waals surface area contributed by atoms with Gasteiger partial charge in [0.25, 0.3) is 5.56 Å². The van der Waals surface area contributed by atoms with Crippen LogP contribution >= 0.6 is 0 Å². The first-order chi connectivity index (χ1) is 18.2. The highest BCUT2D eigenvalue weighted by atomic mass is 16.5. The van der Waals surface area contributed by atoms with Crippen molar-refractivity contribution in [3.05, 3.63) is 47.1 Å². The molecular weight excluding hydrogens is 486 g/mol. The second-order valence-corrected chi connectivity index (χ2v) is 10.8. The van der Waals surface area contributed by atoms with E-state index in [1.165, 1.54) is 34.8 Å². The minimum atomic E-state index is -1.08. The van der Waals surface area contributed by atoms with Crippen LogP contribution in [0.15, 0.2) is 41.6 Å². The molecule has 2 aromatic heterocycles. The first-order valence-electron chi connectivity index (χ1n) is 13.3. The monoisotopic (exact) mass is 523 g/mol. The van der Waals surface area contributed by atoms with Crippen LogP contribution in [0.1, 0.15) is 32.1 Å². The van der Waals surface area contributed by atoms with E-state index < -0.39 is 5.60 Å². The molecular formula is C27H37N7O4. The molecule has 2 amide bonds. The van der Waals surface area contributed by atoms with Crippen molar-refractivity contribution in [3.8, 4) is 11.4 Å². The van der Waals surface area contributed by atoms with Gasteiger partial charge in [0.2, 0.25) is 0 Å². The number of aromatic nitrogens is 4. The van der Waals surface area contributed by atoms with Gasteiger partial charge >= 0.3 is 6.03 Å². The number of nitrogens with zero attached hydrogens (tertiary/aromatic N) is 7. The van der Waals surface area contributed by atoms with E-state index >= 15 is 0 Å². The number of urea groups is 1. The van der Waals surface area contributed by atoms with Crippen LogP contribution in [0.5, 0.6) is 5.75 Å². The lowest BCUT2D eigenvalue weighted by Gasteiger charge is -2.39. The van der Waals surface area contributed by atoms with E-state index in [-0.39, 0.29) is 18.1 Å². The molecule has 5 rings (SSSR count). The molecule has 0 bridgehead atoms. The van der Waals surface area contributed by atoms with Gasteiger partial charge in [-0.05, 0) is 63.5 Å². The number of fused-ring (bicyclic) bond motifs is 1. The summed E-state index contributed by atoms with van der Waals surface area (Å²) in [5.74, 6) is 0.797. The van der Waals surface area contributed by atoms with E-state index in [2.05, 4.69) is 22.0 Å². The summed E-state index contributed by atoms with van der Waals surface area (Å²) < 4.78 is 9.12. The third-order valence-electron chi connectivity index (χ3n) is 7.81. The zero-order chi connectivity index (χ0) is 26.9. The summed E-state index contributed by atoms with van der Waals surface area (Å²) in [5, 5.41) is 15.9. The van der Waals surface area contributed by atoms with Crippen molar-refractivity contribution in [1.29, 1.82) is 0 Å². The van der Waals surface area contributed by atoms with Gasteiger partial charge in [-0.2, -0.15) is 5.10 Å². The minimum absolute atomic E-state index is 0.0730. The van der Waals surface area contributed by atoms with Crippen molar-refractivity contribution < 1.29 is 14.6 Å². The van der Waals surface area contributed by atoms with Crippen molar-refractivity contribution in [2.75, 3.05) is 47.4 Å². The van der Waals surface area contributed by atoms with Gasteiger partial charge in [-0.25, -0.2) is 14.5 Å². The number of hydrogen-bond donors (Lipinski definition) is 1. The van der Waals surface area contributed by atoms with Crippen LogP contribution in [0.3, 0.4) is 0 Å². The lowest BCUT2D eigenvalue weighted by molar-refractivity contribution is -0.0282. The van der Waals surface area contributed by atoms with E-state index in [1.807, 2.05) is 24.3 Å². The number of hydrogen-bond acceptors (Lipinski definition) is 7. The zero-order valence-electron chi connectivity index (χ0n) is 22.4. The predicted molar refractivity (Wildman–Crippen MR) is 144 cm³/mol. The number of aliphatic hydroxyl groups is 1. The molecule has 1 N–H and O–H groups in total. The second kappa shape index (κ2) is 10.7. The number of piperidine rings is 2. The van der Waals surface area contributed by atoms with Crippen LogP contribution in [0.2, 0.25) is 0 Å². The molecule has 2 aliphatic rings. The summed E-state index contributed by atoms with van der Waals surface area (Å²) in [4.78, 5) is 35.6. The van der Waals surface area contributed by atoms with E-state index in [9.17, 15) is 14.7 Å². The molecule has 3 aromatic rings. The largest absolute Gasteiger partial charge is 0.492 e. The fraction of sp³-hybridized carbons (Fsp3) is 0.556. The molecule has 11 heteroatoms. The highest BCUT2D eigenvalue weighted by Crippen LogP contribution is 2.25. The molecule has 0 radical (unpaired) electrons. The van der Waals surface area contributed by atoms with E-state index in [0.29, 0.717) is 49.6 Å². The van der Waals surface area contributed by atoms with Crippen molar-refractivity contribution in [2.24, 2.45) is 0 Å². The number of likely N-dealkylation sites (tertiary alicyclic amines) is 2. The number of likely N-dealkylation sites (N-methyl/N-ethyl adjacent to an activating group) is 1. The quantitative estimate of drug-likeness (QED) is 0.526. The minimum Gasteiger partial charge on any atom is -0.492 e. The molecule has 2 aliphatic heterocycles. The van der Waals surface area contributed by atoms with Crippen molar-refractivity contribution in [1.82, 2.24) is 34.0 Å². The average molecular weight is 524 g/mol. The standard InChI is InChI=1S/C27H37N7O4/c1-30(2)26(36)32-14-11-27(37,12-15-32)18-33-19-28-24-23(25(33)35)16-29-34(24)20-7-9-22(10-8-20)38-17-21-6-4-5-13-31(21)3/h7-10,16,19,21,37H,4-6,11-15,17-18H2,1-3H3. The van der Waals surface area contributed by atoms with Gasteiger partial charge in [0.1, 0.15) is 24.1 Å². The first-order valence-corrected chi connectivity index (χ1v) is 13.3. The van der Waals surface area contributed by atoms with Gasteiger partial charge in [-0.15, -0.1) is 0 Å². The Labute approximate surface area is 222 Å². The first kappa shape index (κ1) is 26.2. The molecule has 1 atom stereocenters. The van der Waals surface area contributed by atoms with Crippen LogP contribution in [0.25, 0.3) is 16.7 Å². The Morgan fingerprint density at radius 1 is 1.16 bits per heavy atom. The SMILES string of the molecule is CN(C)C(=O)N1CCC(O)(Cn2cnc3c(cnn3-c3ccc(OCC4CCCCN4C)cc3)c2=O)CC1. The lowest BCUT2D eigenvalue weighted by atomic mass is 9.91. The van der Waals surface area contributed by atoms with E-state index in [4.69, 9.17) is 4.74 Å². The fourth-order valence-corrected chi connectivity index (χ4v) is 5.35. The molecule has 4 heterocycles. The maximum Gasteiger partial charge on any atom is 0.319 e. The lowest BCUT2D eigenvalue weighted by Crippen LogP contribution is -2.51. The molecule has 38 heavy (non-hydrogen) atoms. The molecule has 0 saturated carbocycles. The van der Waals surface area contributed by atoms with Crippen molar-refractivity contribution >= 4 is 17.1 Å². The topological polar surface area (TPSA) is 109 Å². The Morgan fingerprint density at radius 2 is 1.89 bits per heavy atom. The predicted octanol–water partition coefficient (Wildman–Crippen LogP) is 1.95. The number of carbonyl (C=O) groups is 1. The zero-order valence-corrected chi connectivity index (χ0v) is 22.4. The summed E-state index contributed by atoms with van der Waals surface area (Å²) in [6.45, 7) is 2.77. The molecule has 1 aromatic carbocycles. The van der Waals surface area contributed by atoms with Gasteiger partial charge < -0.3 is 24.5 Å². The Kier molecular flexibility index (Phi) is 7.40.